The van der Waals surface area contributed by atoms with Gasteiger partial charge in [0.2, 0.25) is 5.03 Å². The van der Waals surface area contributed by atoms with Crippen molar-refractivity contribution in [2.45, 2.75) is 5.03 Å². The van der Waals surface area contributed by atoms with Gasteiger partial charge in [0.25, 0.3) is 6.33 Å². The van der Waals surface area contributed by atoms with Crippen LogP contribution in [0, 0.1) is 0 Å². The minimum Gasteiger partial charge on any atom is -0.240 e. The molecule has 0 aliphatic heterocycles. The quantitative estimate of drug-likeness (QED) is 0.324. The van der Waals surface area contributed by atoms with Crippen LogP contribution >= 0.6 is 11.8 Å². The maximum absolute atomic E-state index is 4.12. The fourth-order valence-electron chi connectivity index (χ4n) is 0.532. The van der Waals surface area contributed by atoms with Gasteiger partial charge in [-0.1, -0.05) is 11.8 Å². The predicted molar refractivity (Wildman–Crippen MR) is 37.2 cm³/mol. The third-order valence-corrected chi connectivity index (χ3v) is 1.69. The van der Waals surface area contributed by atoms with Crippen molar-refractivity contribution in [3.63, 3.8) is 0 Å². The smallest absolute Gasteiger partial charge is 0.240 e. The van der Waals surface area contributed by atoms with Crippen molar-refractivity contribution in [2.75, 3.05) is 6.26 Å². The summed E-state index contributed by atoms with van der Waals surface area (Å²) in [6, 6.07) is 1.99. The highest BCUT2D eigenvalue weighted by Crippen LogP contribution is 2.05. The van der Waals surface area contributed by atoms with Crippen LogP contribution in [0.25, 0.3) is 0 Å². The average molecular weight is 141 g/mol. The molecule has 0 saturated heterocycles. The molecule has 1 aromatic rings. The molecule has 0 unspecified atom stereocenters. The Morgan fingerprint density at radius 3 is 2.89 bits per heavy atom. The molecule has 1 aromatic heterocycles. The van der Waals surface area contributed by atoms with E-state index >= 15 is 0 Å². The zero-order chi connectivity index (χ0) is 6.69. The molecule has 0 saturated carbocycles. The van der Waals surface area contributed by atoms with Crippen LogP contribution < -0.4 is 4.57 Å². The summed E-state index contributed by atoms with van der Waals surface area (Å²) in [7, 11) is 1.96. The molecule has 1 heterocycles. The second-order valence-electron chi connectivity index (χ2n) is 1.77. The van der Waals surface area contributed by atoms with Gasteiger partial charge in [-0.2, -0.15) is 0 Å². The number of aryl methyl sites for hydroxylation is 1. The van der Waals surface area contributed by atoms with Crippen molar-refractivity contribution in [3.8, 4) is 0 Å². The molecule has 2 nitrogen and oxygen atoms in total. The van der Waals surface area contributed by atoms with Gasteiger partial charge < -0.3 is 0 Å². The van der Waals surface area contributed by atoms with Crippen LogP contribution in [-0.2, 0) is 7.05 Å². The summed E-state index contributed by atoms with van der Waals surface area (Å²) in [4.78, 5) is 4.12. The molecule has 0 fully saturated rings. The molecule has 9 heavy (non-hydrogen) atoms. The minimum absolute atomic E-state index is 1.06. The van der Waals surface area contributed by atoms with Crippen LogP contribution in [0.5, 0.6) is 0 Å². The van der Waals surface area contributed by atoms with Gasteiger partial charge in [0.15, 0.2) is 0 Å². The van der Waals surface area contributed by atoms with Crippen molar-refractivity contribution >= 4 is 11.8 Å². The third-order valence-electron chi connectivity index (χ3n) is 1.03. The van der Waals surface area contributed by atoms with Gasteiger partial charge in [0, 0.05) is 6.07 Å². The molecule has 0 radical (unpaired) electrons. The summed E-state index contributed by atoms with van der Waals surface area (Å²) in [6.07, 6.45) is 5.80. The summed E-state index contributed by atoms with van der Waals surface area (Å²) >= 11 is 1.65. The van der Waals surface area contributed by atoms with E-state index in [9.17, 15) is 0 Å². The van der Waals surface area contributed by atoms with Gasteiger partial charge in [-0.25, -0.2) is 4.57 Å². The van der Waals surface area contributed by atoms with E-state index in [0.29, 0.717) is 0 Å². The molecule has 0 atom stereocenters. The highest BCUT2D eigenvalue weighted by Gasteiger charge is 1.95. The number of thioether (sulfide) groups is 1. The Hall–Kier alpha value is -0.570. The number of rotatable bonds is 1. The number of aromatic nitrogens is 2. The highest BCUT2D eigenvalue weighted by molar-refractivity contribution is 7.98. The average Bonchev–Trinajstić information content (AvgIpc) is 1.90. The first-order chi connectivity index (χ1) is 4.33. The van der Waals surface area contributed by atoms with E-state index in [0.717, 1.165) is 5.03 Å². The maximum Gasteiger partial charge on any atom is 0.287 e. The van der Waals surface area contributed by atoms with Crippen LogP contribution in [0.1, 0.15) is 0 Å². The summed E-state index contributed by atoms with van der Waals surface area (Å²) < 4.78 is 1.92. The molecule has 1 rings (SSSR count). The van der Waals surface area contributed by atoms with Crippen LogP contribution in [0.15, 0.2) is 23.6 Å². The fraction of sp³-hybridized carbons (Fsp3) is 0.333. The zero-order valence-corrected chi connectivity index (χ0v) is 6.35. The molecule has 0 aromatic carbocycles. The van der Waals surface area contributed by atoms with Crippen LogP contribution in [-0.4, -0.2) is 11.2 Å². The summed E-state index contributed by atoms with van der Waals surface area (Å²) in [5.41, 5.74) is 0. The summed E-state index contributed by atoms with van der Waals surface area (Å²) in [5, 5.41) is 1.06. The minimum atomic E-state index is 1.06. The third kappa shape index (κ3) is 1.68. The topological polar surface area (TPSA) is 16.8 Å². The second-order valence-corrected chi connectivity index (χ2v) is 2.59. The SMILES string of the molecule is CSc1cc[n+](C)cn1. The van der Waals surface area contributed by atoms with Crippen LogP contribution in [0.2, 0.25) is 0 Å². The number of hydrogen-bond donors (Lipinski definition) is 0. The first kappa shape index (κ1) is 6.55. The van der Waals surface area contributed by atoms with E-state index in [1.54, 1.807) is 18.1 Å². The standard InChI is InChI=1S/C6H9N2S/c1-8-4-3-6(9-2)7-5-8/h3-5H,1-2H3/q+1. The Labute approximate surface area is 58.9 Å². The molecule has 48 valence electrons. The first-order valence-electron chi connectivity index (χ1n) is 2.68. The van der Waals surface area contributed by atoms with E-state index in [4.69, 9.17) is 0 Å². The van der Waals surface area contributed by atoms with Gasteiger partial charge >= 0.3 is 0 Å². The van der Waals surface area contributed by atoms with Crippen LogP contribution in [0.4, 0.5) is 0 Å². The lowest BCUT2D eigenvalue weighted by atomic mass is 10.7. The monoisotopic (exact) mass is 141 g/mol. The largest absolute Gasteiger partial charge is 0.287 e. The van der Waals surface area contributed by atoms with Crippen molar-refractivity contribution in [1.82, 2.24) is 4.98 Å². The number of hydrogen-bond acceptors (Lipinski definition) is 2. The van der Waals surface area contributed by atoms with Crippen molar-refractivity contribution < 1.29 is 4.57 Å². The Morgan fingerprint density at radius 2 is 2.44 bits per heavy atom. The molecule has 0 spiro atoms. The van der Waals surface area contributed by atoms with Gasteiger partial charge in [-0.15, -0.1) is 0 Å². The van der Waals surface area contributed by atoms with Crippen LogP contribution in [0.3, 0.4) is 0 Å². The molecule has 0 aliphatic rings. The molecule has 0 bridgehead atoms. The lowest BCUT2D eigenvalue weighted by molar-refractivity contribution is -0.675. The van der Waals surface area contributed by atoms with E-state index in [2.05, 4.69) is 4.98 Å². The molecular weight excluding hydrogens is 132 g/mol. The van der Waals surface area contributed by atoms with E-state index in [-0.39, 0.29) is 0 Å². The van der Waals surface area contributed by atoms with Crippen molar-refractivity contribution in [3.05, 3.63) is 18.6 Å². The normalized spacial score (nSPS) is 9.56. The van der Waals surface area contributed by atoms with Crippen molar-refractivity contribution in [2.24, 2.45) is 7.05 Å². The molecular formula is C6H9N2S+. The Balaban J connectivity index is 2.88. The lowest BCUT2D eigenvalue weighted by Gasteiger charge is -1.86. The molecule has 0 N–H and O–H groups in total. The summed E-state index contributed by atoms with van der Waals surface area (Å²) in [5.74, 6) is 0. The molecule has 3 heteroatoms. The molecule has 0 aliphatic carbocycles. The lowest BCUT2D eigenvalue weighted by Crippen LogP contribution is -2.26. The molecule has 0 amide bonds. The van der Waals surface area contributed by atoms with Gasteiger partial charge in [0.1, 0.15) is 0 Å². The van der Waals surface area contributed by atoms with Gasteiger partial charge in [0.05, 0.1) is 13.2 Å². The zero-order valence-electron chi connectivity index (χ0n) is 5.53. The summed E-state index contributed by atoms with van der Waals surface area (Å²) in [6.45, 7) is 0. The fourth-order valence-corrected chi connectivity index (χ4v) is 0.881. The second kappa shape index (κ2) is 2.82. The van der Waals surface area contributed by atoms with Crippen molar-refractivity contribution in [1.29, 1.82) is 0 Å². The van der Waals surface area contributed by atoms with E-state index in [1.807, 2.05) is 30.1 Å². The van der Waals surface area contributed by atoms with E-state index < -0.39 is 0 Å². The van der Waals surface area contributed by atoms with E-state index in [1.165, 1.54) is 0 Å². The Morgan fingerprint density at radius 1 is 1.67 bits per heavy atom. The predicted octanol–water partition coefficient (Wildman–Crippen LogP) is 0.628. The first-order valence-corrected chi connectivity index (χ1v) is 3.90. The Kier molecular flexibility index (Phi) is 2.05. The maximum atomic E-state index is 4.12. The van der Waals surface area contributed by atoms with Gasteiger partial charge in [-0.05, 0) is 11.2 Å². The highest BCUT2D eigenvalue weighted by atomic mass is 32.2. The van der Waals surface area contributed by atoms with Gasteiger partial charge in [-0.3, -0.25) is 0 Å². The number of nitrogens with zero attached hydrogens (tertiary/aromatic N) is 2. The Bertz CT molecular complexity index is 183.